The van der Waals surface area contributed by atoms with Gasteiger partial charge in [-0.15, -0.1) is 10.2 Å². The summed E-state index contributed by atoms with van der Waals surface area (Å²) in [6, 6.07) is 20.0. The molecule has 4 heterocycles. The summed E-state index contributed by atoms with van der Waals surface area (Å²) >= 11 is 0. The topological polar surface area (TPSA) is 194 Å². The molecule has 4 aromatic rings. The van der Waals surface area contributed by atoms with Gasteiger partial charge >= 0.3 is 0 Å². The van der Waals surface area contributed by atoms with Gasteiger partial charge in [-0.25, -0.2) is 0 Å². The normalized spacial score (nSPS) is 16.7. The molecule has 2 aliphatic heterocycles. The van der Waals surface area contributed by atoms with E-state index in [0.717, 1.165) is 83.7 Å². The summed E-state index contributed by atoms with van der Waals surface area (Å²) < 4.78 is 23.3. The largest absolute Gasteiger partial charge is 0.494 e. The molecule has 0 saturated heterocycles. The van der Waals surface area contributed by atoms with E-state index in [0.29, 0.717) is 36.1 Å². The molecule has 0 bridgehead atoms. The van der Waals surface area contributed by atoms with Crippen molar-refractivity contribution in [2.75, 3.05) is 13.2 Å². The van der Waals surface area contributed by atoms with Crippen LogP contribution in [-0.2, 0) is 0 Å². The average Bonchev–Trinajstić information content (AvgIpc) is 3.65. The van der Waals surface area contributed by atoms with Crippen molar-refractivity contribution in [2.24, 2.45) is 11.5 Å². The SMILES string of the molecule is Cc1[nH]nc2c1C(c1cccc(OCCCCCCCCOc3cccc(C4C(C#N)=C(N)Oc5n[nH]c(C)c54)c3)c1)C(C#N)=C(N)O2. The van der Waals surface area contributed by atoms with Gasteiger partial charge in [0.05, 0.1) is 25.0 Å². The average molecular weight is 647 g/mol. The summed E-state index contributed by atoms with van der Waals surface area (Å²) in [6.07, 6.45) is 6.24. The van der Waals surface area contributed by atoms with E-state index in [2.05, 4.69) is 32.5 Å². The lowest BCUT2D eigenvalue weighted by molar-refractivity contribution is 0.296. The number of aryl methyl sites for hydroxylation is 2. The number of H-pyrrole nitrogens is 2. The van der Waals surface area contributed by atoms with Crippen LogP contribution in [0.25, 0.3) is 0 Å². The number of nitrogens with two attached hydrogens (primary N) is 2. The molecule has 0 fully saturated rings. The van der Waals surface area contributed by atoms with Crippen LogP contribution in [0.15, 0.2) is 71.4 Å². The summed E-state index contributed by atoms with van der Waals surface area (Å²) in [7, 11) is 0. The molecule has 48 heavy (non-hydrogen) atoms. The lowest BCUT2D eigenvalue weighted by Crippen LogP contribution is -2.21. The molecule has 0 amide bonds. The van der Waals surface area contributed by atoms with E-state index >= 15 is 0 Å². The molecule has 2 atom stereocenters. The highest BCUT2D eigenvalue weighted by Gasteiger charge is 2.35. The highest BCUT2D eigenvalue weighted by molar-refractivity contribution is 5.57. The Labute approximate surface area is 278 Å². The van der Waals surface area contributed by atoms with E-state index in [-0.39, 0.29) is 23.6 Å². The minimum atomic E-state index is -0.372. The molecule has 6 N–H and O–H groups in total. The van der Waals surface area contributed by atoms with Gasteiger partial charge in [-0.05, 0) is 62.1 Å². The fraction of sp³-hybridized carbons (Fsp3) is 0.333. The van der Waals surface area contributed by atoms with Gasteiger partial charge < -0.3 is 30.4 Å². The Balaban J connectivity index is 0.924. The van der Waals surface area contributed by atoms with Crippen LogP contribution in [0.1, 0.15) is 84.0 Å². The molecule has 6 rings (SSSR count). The van der Waals surface area contributed by atoms with E-state index in [9.17, 15) is 10.5 Å². The van der Waals surface area contributed by atoms with Crippen LogP contribution in [0.2, 0.25) is 0 Å². The van der Waals surface area contributed by atoms with E-state index in [4.69, 9.17) is 30.4 Å². The number of nitrogens with one attached hydrogen (secondary N) is 2. The molecular formula is C36H38N8O4. The standard InChI is InChI=1S/C36H38N8O4/c1-21-29-31(27(19-37)33(39)47-35(29)43-41-21)23-11-9-13-25(17-23)45-15-7-5-3-4-6-8-16-46-26-14-10-12-24(18-26)32-28(20-38)34(40)48-36-30(32)22(2)42-44-36/h9-14,17-18,31-32H,3-8,15-16,39-40H2,1-2H3,(H,41,43)(H,42,44). The number of nitriles is 2. The number of benzene rings is 2. The van der Waals surface area contributed by atoms with Crippen LogP contribution in [0.3, 0.4) is 0 Å². The second-order valence-electron chi connectivity index (χ2n) is 11.9. The second kappa shape index (κ2) is 14.3. The molecule has 246 valence electrons. The van der Waals surface area contributed by atoms with Crippen LogP contribution >= 0.6 is 0 Å². The molecule has 0 spiro atoms. The Morgan fingerprint density at radius 3 is 1.52 bits per heavy atom. The number of allylic oxidation sites excluding steroid dienone is 2. The van der Waals surface area contributed by atoms with Crippen molar-refractivity contribution < 1.29 is 18.9 Å². The van der Waals surface area contributed by atoms with Gasteiger partial charge in [-0.1, -0.05) is 49.9 Å². The molecule has 2 aromatic heterocycles. The third kappa shape index (κ3) is 6.51. The van der Waals surface area contributed by atoms with Crippen molar-refractivity contribution in [1.29, 1.82) is 10.5 Å². The zero-order valence-electron chi connectivity index (χ0n) is 27.0. The van der Waals surface area contributed by atoms with Gasteiger partial charge in [-0.3, -0.25) is 10.2 Å². The maximum absolute atomic E-state index is 9.81. The molecule has 0 aliphatic carbocycles. The number of fused-ring (bicyclic) bond motifs is 2. The minimum absolute atomic E-state index is 0.0713. The quantitative estimate of drug-likeness (QED) is 0.125. The first-order valence-corrected chi connectivity index (χ1v) is 16.1. The number of nitrogens with zero attached hydrogens (tertiary/aromatic N) is 4. The van der Waals surface area contributed by atoms with Crippen LogP contribution in [-0.4, -0.2) is 33.6 Å². The highest BCUT2D eigenvalue weighted by atomic mass is 16.5. The Morgan fingerprint density at radius 1 is 0.688 bits per heavy atom. The van der Waals surface area contributed by atoms with Crippen LogP contribution in [0, 0.1) is 36.5 Å². The zero-order chi connectivity index (χ0) is 33.6. The molecule has 2 aliphatic rings. The third-order valence-electron chi connectivity index (χ3n) is 8.72. The first-order chi connectivity index (χ1) is 23.4. The number of hydrogen-bond donors (Lipinski definition) is 4. The van der Waals surface area contributed by atoms with Gasteiger partial charge in [0, 0.05) is 22.5 Å². The third-order valence-corrected chi connectivity index (χ3v) is 8.72. The summed E-state index contributed by atoms with van der Waals surface area (Å²) in [5.41, 5.74) is 17.9. The Morgan fingerprint density at radius 2 is 1.10 bits per heavy atom. The van der Waals surface area contributed by atoms with E-state index in [1.54, 1.807) is 0 Å². The van der Waals surface area contributed by atoms with Crippen molar-refractivity contribution in [2.45, 2.75) is 64.2 Å². The lowest BCUT2D eigenvalue weighted by Gasteiger charge is -2.24. The lowest BCUT2D eigenvalue weighted by atomic mass is 9.84. The van der Waals surface area contributed by atoms with Crippen molar-refractivity contribution >= 4 is 0 Å². The molecule has 12 heteroatoms. The molecular weight excluding hydrogens is 608 g/mol. The van der Waals surface area contributed by atoms with Crippen molar-refractivity contribution in [3.05, 3.63) is 105 Å². The summed E-state index contributed by atoms with van der Waals surface area (Å²) in [5, 5.41) is 33.9. The summed E-state index contributed by atoms with van der Waals surface area (Å²) in [6.45, 7) is 5.02. The summed E-state index contributed by atoms with van der Waals surface area (Å²) in [4.78, 5) is 0. The number of aromatic amines is 2. The Bertz CT molecular complexity index is 1800. The van der Waals surface area contributed by atoms with E-state index < -0.39 is 0 Å². The monoisotopic (exact) mass is 646 g/mol. The number of rotatable bonds is 13. The fourth-order valence-corrected chi connectivity index (χ4v) is 6.32. The van der Waals surface area contributed by atoms with Crippen LogP contribution in [0.5, 0.6) is 23.3 Å². The first-order valence-electron chi connectivity index (χ1n) is 16.1. The number of hydrogen-bond acceptors (Lipinski definition) is 10. The van der Waals surface area contributed by atoms with Crippen LogP contribution in [0.4, 0.5) is 0 Å². The van der Waals surface area contributed by atoms with Crippen molar-refractivity contribution in [3.8, 4) is 35.4 Å². The van der Waals surface area contributed by atoms with Gasteiger partial charge in [0.1, 0.15) is 34.8 Å². The highest BCUT2D eigenvalue weighted by Crippen LogP contribution is 2.44. The summed E-state index contributed by atoms with van der Waals surface area (Å²) in [5.74, 6) is 1.69. The second-order valence-corrected chi connectivity index (χ2v) is 11.9. The molecule has 12 nitrogen and oxygen atoms in total. The van der Waals surface area contributed by atoms with Gasteiger partial charge in [0.25, 0.3) is 0 Å². The van der Waals surface area contributed by atoms with Gasteiger partial charge in [-0.2, -0.15) is 10.5 Å². The number of unbranched alkanes of at least 4 members (excludes halogenated alkanes) is 5. The Hall–Kier alpha value is -5.88. The van der Waals surface area contributed by atoms with Gasteiger partial charge in [0.2, 0.25) is 23.5 Å². The van der Waals surface area contributed by atoms with Crippen LogP contribution < -0.4 is 30.4 Å². The smallest absolute Gasteiger partial charge is 0.244 e. The van der Waals surface area contributed by atoms with E-state index in [1.165, 1.54) is 0 Å². The first kappa shape index (κ1) is 32.1. The Kier molecular flexibility index (Phi) is 9.53. The maximum Gasteiger partial charge on any atom is 0.244 e. The fourth-order valence-electron chi connectivity index (χ4n) is 6.32. The zero-order valence-corrected chi connectivity index (χ0v) is 27.0. The number of ether oxygens (including phenoxy) is 4. The minimum Gasteiger partial charge on any atom is -0.494 e. The maximum atomic E-state index is 9.81. The van der Waals surface area contributed by atoms with Crippen molar-refractivity contribution in [1.82, 2.24) is 20.4 Å². The van der Waals surface area contributed by atoms with Gasteiger partial charge in [0.15, 0.2) is 0 Å². The van der Waals surface area contributed by atoms with E-state index in [1.807, 2.05) is 62.4 Å². The predicted molar refractivity (Wildman–Crippen MR) is 177 cm³/mol. The molecule has 0 saturated carbocycles. The molecule has 2 unspecified atom stereocenters. The number of aromatic nitrogens is 4. The molecule has 2 aromatic carbocycles. The van der Waals surface area contributed by atoms with Crippen molar-refractivity contribution in [3.63, 3.8) is 0 Å². The predicted octanol–water partition coefficient (Wildman–Crippen LogP) is 5.98. The molecule has 0 radical (unpaired) electrons.